The molecule has 0 spiro atoms. The highest BCUT2D eigenvalue weighted by molar-refractivity contribution is 6.02. The summed E-state index contributed by atoms with van der Waals surface area (Å²) in [5, 5.41) is 17.3. The molecule has 33 heavy (non-hydrogen) atoms. The first-order chi connectivity index (χ1) is 16.2. The Hall–Kier alpha value is -3.89. The third-order valence-corrected chi connectivity index (χ3v) is 5.36. The van der Waals surface area contributed by atoms with Gasteiger partial charge in [0.2, 0.25) is 0 Å². The molecule has 7 heteroatoms. The van der Waals surface area contributed by atoms with E-state index in [9.17, 15) is 10.1 Å². The molecule has 1 fully saturated rings. The Bertz CT molecular complexity index is 1170. The lowest BCUT2D eigenvalue weighted by atomic mass is 10.1. The summed E-state index contributed by atoms with van der Waals surface area (Å²) < 4.78 is 12.9. The van der Waals surface area contributed by atoms with E-state index < -0.39 is 5.91 Å². The SMILES string of the molecule is CCOc1cccc(-c2nn(-c3ccccc3)cc2/C=C(/C#N)C(=O)NCC2CCCO2)c1. The van der Waals surface area contributed by atoms with Gasteiger partial charge in [0, 0.05) is 30.5 Å². The van der Waals surface area contributed by atoms with Gasteiger partial charge in [-0.05, 0) is 50.1 Å². The van der Waals surface area contributed by atoms with Crippen molar-refractivity contribution in [2.75, 3.05) is 19.8 Å². The van der Waals surface area contributed by atoms with Crippen LogP contribution in [0.15, 0.2) is 66.4 Å². The van der Waals surface area contributed by atoms with Crippen LogP contribution in [0.2, 0.25) is 0 Å². The molecule has 0 bridgehead atoms. The molecule has 1 N–H and O–H groups in total. The number of benzene rings is 2. The average Bonchev–Trinajstić information content (AvgIpc) is 3.52. The Morgan fingerprint density at radius 3 is 2.88 bits per heavy atom. The standard InChI is InChI=1S/C26H26N4O3/c1-2-32-23-11-6-8-19(15-23)25-21(18-30(29-25)22-9-4-3-5-10-22)14-20(16-27)26(31)28-17-24-12-7-13-33-24/h3-6,8-11,14-15,18,24H,2,7,12-13,17H2,1H3,(H,28,31)/b20-14-. The van der Waals surface area contributed by atoms with E-state index >= 15 is 0 Å². The lowest BCUT2D eigenvalue weighted by Crippen LogP contribution is -2.32. The molecule has 1 amide bonds. The number of nitrogens with zero attached hydrogens (tertiary/aromatic N) is 3. The normalized spacial score (nSPS) is 15.8. The second-order valence-electron chi connectivity index (χ2n) is 7.69. The molecule has 2 aromatic carbocycles. The predicted octanol–water partition coefficient (Wildman–Crippen LogP) is 4.14. The van der Waals surface area contributed by atoms with Crippen LogP contribution in [0, 0.1) is 11.3 Å². The maximum Gasteiger partial charge on any atom is 0.262 e. The Labute approximate surface area is 193 Å². The second kappa shape index (κ2) is 10.6. The number of para-hydroxylation sites is 1. The molecule has 4 rings (SSSR count). The predicted molar refractivity (Wildman–Crippen MR) is 126 cm³/mol. The van der Waals surface area contributed by atoms with E-state index in [0.717, 1.165) is 29.8 Å². The topological polar surface area (TPSA) is 89.2 Å². The first-order valence-electron chi connectivity index (χ1n) is 11.1. The monoisotopic (exact) mass is 442 g/mol. The van der Waals surface area contributed by atoms with Gasteiger partial charge < -0.3 is 14.8 Å². The van der Waals surface area contributed by atoms with Crippen molar-refractivity contribution >= 4 is 12.0 Å². The van der Waals surface area contributed by atoms with Crippen LogP contribution in [0.4, 0.5) is 0 Å². The summed E-state index contributed by atoms with van der Waals surface area (Å²) in [5.74, 6) is 0.309. The lowest BCUT2D eigenvalue weighted by molar-refractivity contribution is -0.117. The zero-order valence-corrected chi connectivity index (χ0v) is 18.5. The van der Waals surface area contributed by atoms with Crippen molar-refractivity contribution in [2.45, 2.75) is 25.9 Å². The van der Waals surface area contributed by atoms with E-state index in [4.69, 9.17) is 14.6 Å². The number of carbonyl (C=O) groups excluding carboxylic acids is 1. The van der Waals surface area contributed by atoms with Crippen molar-refractivity contribution in [3.05, 3.63) is 71.9 Å². The van der Waals surface area contributed by atoms with Gasteiger partial charge >= 0.3 is 0 Å². The third-order valence-electron chi connectivity index (χ3n) is 5.36. The number of amides is 1. The number of hydrogen-bond donors (Lipinski definition) is 1. The first kappa shape index (κ1) is 22.3. The van der Waals surface area contributed by atoms with E-state index in [-0.39, 0.29) is 11.7 Å². The van der Waals surface area contributed by atoms with E-state index in [1.807, 2.05) is 73.8 Å². The number of nitriles is 1. The van der Waals surface area contributed by atoms with E-state index in [1.54, 1.807) is 10.8 Å². The molecule has 0 radical (unpaired) electrons. The minimum absolute atomic E-state index is 0.00610. The lowest BCUT2D eigenvalue weighted by Gasteiger charge is -2.10. The van der Waals surface area contributed by atoms with Gasteiger partial charge in [0.15, 0.2) is 0 Å². The van der Waals surface area contributed by atoms with Gasteiger partial charge in [-0.1, -0.05) is 30.3 Å². The molecular weight excluding hydrogens is 416 g/mol. The molecule has 1 aliphatic rings. The van der Waals surface area contributed by atoms with Crippen molar-refractivity contribution < 1.29 is 14.3 Å². The van der Waals surface area contributed by atoms with Crippen LogP contribution in [0.5, 0.6) is 5.75 Å². The summed E-state index contributed by atoms with van der Waals surface area (Å²) >= 11 is 0. The minimum atomic E-state index is -0.422. The highest BCUT2D eigenvalue weighted by atomic mass is 16.5. The fourth-order valence-electron chi connectivity index (χ4n) is 3.74. The van der Waals surface area contributed by atoms with Crippen molar-refractivity contribution in [3.63, 3.8) is 0 Å². The van der Waals surface area contributed by atoms with E-state index in [1.165, 1.54) is 0 Å². The maximum absolute atomic E-state index is 12.7. The van der Waals surface area contributed by atoms with Gasteiger partial charge in [-0.2, -0.15) is 10.4 Å². The Kier molecular flexibility index (Phi) is 7.18. The molecule has 7 nitrogen and oxygen atoms in total. The smallest absolute Gasteiger partial charge is 0.262 e. The van der Waals surface area contributed by atoms with Crippen molar-refractivity contribution in [2.24, 2.45) is 0 Å². The summed E-state index contributed by atoms with van der Waals surface area (Å²) in [6.07, 6.45) is 5.31. The Balaban J connectivity index is 1.69. The summed E-state index contributed by atoms with van der Waals surface area (Å²) in [4.78, 5) is 12.7. The summed E-state index contributed by atoms with van der Waals surface area (Å²) in [7, 11) is 0. The van der Waals surface area contributed by atoms with Gasteiger partial charge in [0.05, 0.1) is 18.4 Å². The largest absolute Gasteiger partial charge is 0.494 e. The maximum atomic E-state index is 12.7. The number of hydrogen-bond acceptors (Lipinski definition) is 5. The van der Waals surface area contributed by atoms with E-state index in [2.05, 4.69) is 5.32 Å². The van der Waals surface area contributed by atoms with Crippen LogP contribution in [-0.4, -0.2) is 41.6 Å². The molecule has 1 unspecified atom stereocenters. The average molecular weight is 443 g/mol. The van der Waals surface area contributed by atoms with Crippen LogP contribution in [0.25, 0.3) is 23.0 Å². The Morgan fingerprint density at radius 2 is 2.15 bits per heavy atom. The fraction of sp³-hybridized carbons (Fsp3) is 0.269. The third kappa shape index (κ3) is 5.48. The molecule has 168 valence electrons. The molecular formula is C26H26N4O3. The molecule has 1 aliphatic heterocycles. The molecule has 1 aromatic heterocycles. The van der Waals surface area contributed by atoms with Crippen LogP contribution >= 0.6 is 0 Å². The van der Waals surface area contributed by atoms with Crippen molar-refractivity contribution in [1.82, 2.24) is 15.1 Å². The van der Waals surface area contributed by atoms with Gasteiger partial charge in [-0.25, -0.2) is 4.68 Å². The number of rotatable bonds is 8. The van der Waals surface area contributed by atoms with Crippen molar-refractivity contribution in [3.8, 4) is 28.8 Å². The summed E-state index contributed by atoms with van der Waals surface area (Å²) in [6.45, 7) is 3.59. The van der Waals surface area contributed by atoms with Crippen LogP contribution < -0.4 is 10.1 Å². The van der Waals surface area contributed by atoms with Gasteiger partial charge in [0.25, 0.3) is 5.91 Å². The second-order valence-corrected chi connectivity index (χ2v) is 7.69. The molecule has 3 aromatic rings. The van der Waals surface area contributed by atoms with Crippen molar-refractivity contribution in [1.29, 1.82) is 5.26 Å². The van der Waals surface area contributed by atoms with Crippen LogP contribution in [-0.2, 0) is 9.53 Å². The number of carbonyl (C=O) groups is 1. The summed E-state index contributed by atoms with van der Waals surface area (Å²) in [6, 6.07) is 19.3. The number of aromatic nitrogens is 2. The van der Waals surface area contributed by atoms with Crippen LogP contribution in [0.1, 0.15) is 25.3 Å². The quantitative estimate of drug-likeness (QED) is 0.418. The minimum Gasteiger partial charge on any atom is -0.494 e. The first-order valence-corrected chi connectivity index (χ1v) is 11.1. The highest BCUT2D eigenvalue weighted by Crippen LogP contribution is 2.28. The van der Waals surface area contributed by atoms with Crippen LogP contribution in [0.3, 0.4) is 0 Å². The molecule has 0 saturated carbocycles. The summed E-state index contributed by atoms with van der Waals surface area (Å²) in [5.41, 5.74) is 3.04. The number of ether oxygens (including phenoxy) is 2. The molecule has 0 aliphatic carbocycles. The Morgan fingerprint density at radius 1 is 1.30 bits per heavy atom. The molecule has 1 saturated heterocycles. The highest BCUT2D eigenvalue weighted by Gasteiger charge is 2.19. The zero-order valence-electron chi connectivity index (χ0n) is 18.5. The van der Waals surface area contributed by atoms with Gasteiger partial charge in [-0.15, -0.1) is 0 Å². The zero-order chi connectivity index (χ0) is 23.0. The molecule has 1 atom stereocenters. The fourth-order valence-corrected chi connectivity index (χ4v) is 3.74. The van der Waals surface area contributed by atoms with Gasteiger partial charge in [0.1, 0.15) is 23.1 Å². The van der Waals surface area contributed by atoms with E-state index in [0.29, 0.717) is 31.0 Å². The molecule has 2 heterocycles. The van der Waals surface area contributed by atoms with Gasteiger partial charge in [-0.3, -0.25) is 4.79 Å². The number of nitrogens with one attached hydrogen (secondary N) is 1.